The second kappa shape index (κ2) is 9.86. The Morgan fingerprint density at radius 1 is 1.16 bits per heavy atom. The lowest BCUT2D eigenvalue weighted by Crippen LogP contribution is -2.43. The lowest BCUT2D eigenvalue weighted by atomic mass is 9.96. The molecular formula is C25H37N5O. The molecule has 1 saturated heterocycles. The number of nitrogens with one attached hydrogen (secondary N) is 2. The maximum Gasteiger partial charge on any atom is 0.208 e. The molecule has 0 atom stereocenters. The zero-order valence-corrected chi connectivity index (χ0v) is 19.3. The SMILES string of the molecule is CCNC(=NCC1(c2ccccc2)CC1)NCC1CCN(Cc2nc(C)c(C)o2)CC1. The number of aryl methyl sites for hydroxylation is 2. The van der Waals surface area contributed by atoms with Gasteiger partial charge in [-0.2, -0.15) is 0 Å². The van der Waals surface area contributed by atoms with E-state index in [1.165, 1.54) is 31.2 Å². The fraction of sp³-hybridized carbons (Fsp3) is 0.600. The van der Waals surface area contributed by atoms with Crippen LogP contribution in [0, 0.1) is 19.8 Å². The van der Waals surface area contributed by atoms with Crippen molar-refractivity contribution in [1.29, 1.82) is 0 Å². The summed E-state index contributed by atoms with van der Waals surface area (Å²) in [5.41, 5.74) is 2.69. The number of guanidine groups is 1. The Morgan fingerprint density at radius 3 is 2.52 bits per heavy atom. The molecule has 1 aromatic heterocycles. The minimum atomic E-state index is 0.256. The summed E-state index contributed by atoms with van der Waals surface area (Å²) >= 11 is 0. The first kappa shape index (κ1) is 21.9. The number of piperidine rings is 1. The van der Waals surface area contributed by atoms with E-state index in [-0.39, 0.29) is 5.41 Å². The monoisotopic (exact) mass is 423 g/mol. The number of oxazole rings is 1. The normalized spacial score (nSPS) is 19.4. The van der Waals surface area contributed by atoms with E-state index in [2.05, 4.69) is 57.8 Å². The van der Waals surface area contributed by atoms with E-state index in [0.29, 0.717) is 5.92 Å². The Morgan fingerprint density at radius 2 is 1.90 bits per heavy atom. The van der Waals surface area contributed by atoms with Gasteiger partial charge >= 0.3 is 0 Å². The summed E-state index contributed by atoms with van der Waals surface area (Å²) in [6.07, 6.45) is 4.86. The topological polar surface area (TPSA) is 65.7 Å². The molecule has 1 saturated carbocycles. The van der Waals surface area contributed by atoms with Crippen molar-refractivity contribution in [3.05, 3.63) is 53.2 Å². The Balaban J connectivity index is 1.24. The fourth-order valence-corrected chi connectivity index (χ4v) is 4.44. The lowest BCUT2D eigenvalue weighted by Gasteiger charge is -2.31. The molecule has 6 heteroatoms. The van der Waals surface area contributed by atoms with E-state index in [9.17, 15) is 0 Å². The average Bonchev–Trinajstić information content (AvgIpc) is 3.51. The average molecular weight is 424 g/mol. The lowest BCUT2D eigenvalue weighted by molar-refractivity contribution is 0.164. The zero-order chi connectivity index (χ0) is 21.7. The van der Waals surface area contributed by atoms with Crippen molar-refractivity contribution in [1.82, 2.24) is 20.5 Å². The second-order valence-corrected chi connectivity index (χ2v) is 9.19. The number of likely N-dealkylation sites (tertiary alicyclic amines) is 1. The van der Waals surface area contributed by atoms with Gasteiger partial charge in [0.2, 0.25) is 5.89 Å². The molecule has 2 heterocycles. The summed E-state index contributed by atoms with van der Waals surface area (Å²) in [7, 11) is 0. The standard InChI is InChI=1S/C25H37N5O/c1-4-26-24(28-18-25(12-13-25)22-8-6-5-7-9-22)27-16-21-10-14-30(15-11-21)17-23-29-19(2)20(3)31-23/h5-9,21H,4,10-18H2,1-3H3,(H2,26,27,28). The highest BCUT2D eigenvalue weighted by atomic mass is 16.4. The zero-order valence-electron chi connectivity index (χ0n) is 19.3. The Labute approximate surface area is 186 Å². The first-order chi connectivity index (χ1) is 15.1. The fourth-order valence-electron chi connectivity index (χ4n) is 4.44. The van der Waals surface area contributed by atoms with Crippen molar-refractivity contribution in [2.75, 3.05) is 32.7 Å². The van der Waals surface area contributed by atoms with Gasteiger partial charge in [0.15, 0.2) is 5.96 Å². The van der Waals surface area contributed by atoms with E-state index in [1.807, 2.05) is 13.8 Å². The molecule has 31 heavy (non-hydrogen) atoms. The molecule has 168 valence electrons. The third-order valence-electron chi connectivity index (χ3n) is 6.82. The van der Waals surface area contributed by atoms with Crippen LogP contribution < -0.4 is 10.6 Å². The molecule has 1 aliphatic heterocycles. The molecule has 0 bridgehead atoms. The van der Waals surface area contributed by atoms with Crippen molar-refractivity contribution in [3.8, 4) is 0 Å². The van der Waals surface area contributed by atoms with Crippen LogP contribution in [0.15, 0.2) is 39.7 Å². The number of hydrogen-bond acceptors (Lipinski definition) is 4. The molecule has 0 radical (unpaired) electrons. The molecule has 2 aromatic rings. The van der Waals surface area contributed by atoms with Crippen molar-refractivity contribution in [2.45, 2.75) is 58.4 Å². The maximum absolute atomic E-state index is 5.75. The maximum atomic E-state index is 5.75. The molecule has 2 aliphatic rings. The molecule has 1 aliphatic carbocycles. The van der Waals surface area contributed by atoms with E-state index in [4.69, 9.17) is 9.41 Å². The molecule has 2 N–H and O–H groups in total. The highest BCUT2D eigenvalue weighted by Crippen LogP contribution is 2.48. The van der Waals surface area contributed by atoms with Gasteiger partial charge in [-0.15, -0.1) is 0 Å². The predicted octanol–water partition coefficient (Wildman–Crippen LogP) is 3.79. The highest BCUT2D eigenvalue weighted by molar-refractivity contribution is 5.79. The molecule has 0 spiro atoms. The second-order valence-electron chi connectivity index (χ2n) is 9.19. The molecule has 0 unspecified atom stereocenters. The number of benzene rings is 1. The van der Waals surface area contributed by atoms with Crippen LogP contribution >= 0.6 is 0 Å². The number of hydrogen-bond donors (Lipinski definition) is 2. The summed E-state index contributed by atoms with van der Waals surface area (Å²) in [5, 5.41) is 7.04. The molecule has 0 amide bonds. The summed E-state index contributed by atoms with van der Waals surface area (Å²) in [4.78, 5) is 11.9. The number of rotatable bonds is 8. The number of nitrogens with zero attached hydrogens (tertiary/aromatic N) is 3. The summed E-state index contributed by atoms with van der Waals surface area (Å²) < 4.78 is 5.75. The molecule has 2 fully saturated rings. The van der Waals surface area contributed by atoms with Gasteiger partial charge in [-0.3, -0.25) is 9.89 Å². The first-order valence-corrected chi connectivity index (χ1v) is 11.8. The summed E-state index contributed by atoms with van der Waals surface area (Å²) in [6, 6.07) is 10.9. The van der Waals surface area contributed by atoms with Crippen LogP contribution in [0.5, 0.6) is 0 Å². The van der Waals surface area contributed by atoms with Gasteiger partial charge in [-0.05, 0) is 71.0 Å². The molecular weight excluding hydrogens is 386 g/mol. The van der Waals surface area contributed by atoms with Crippen molar-refractivity contribution in [3.63, 3.8) is 0 Å². The first-order valence-electron chi connectivity index (χ1n) is 11.8. The van der Waals surface area contributed by atoms with Gasteiger partial charge in [0, 0.05) is 18.5 Å². The Hall–Kier alpha value is -2.34. The largest absolute Gasteiger partial charge is 0.444 e. The van der Waals surface area contributed by atoms with Crippen LogP contribution in [-0.4, -0.2) is 48.6 Å². The Bertz CT molecular complexity index is 844. The number of aromatic nitrogens is 1. The smallest absolute Gasteiger partial charge is 0.208 e. The van der Waals surface area contributed by atoms with Gasteiger partial charge in [-0.1, -0.05) is 30.3 Å². The van der Waals surface area contributed by atoms with Crippen molar-refractivity contribution >= 4 is 5.96 Å². The van der Waals surface area contributed by atoms with Crippen LogP contribution in [0.2, 0.25) is 0 Å². The van der Waals surface area contributed by atoms with Gasteiger partial charge in [0.25, 0.3) is 0 Å². The number of aliphatic imine (C=N–C) groups is 1. The third-order valence-corrected chi connectivity index (χ3v) is 6.82. The van der Waals surface area contributed by atoms with Gasteiger partial charge < -0.3 is 15.1 Å². The van der Waals surface area contributed by atoms with E-state index >= 15 is 0 Å². The van der Waals surface area contributed by atoms with E-state index < -0.39 is 0 Å². The van der Waals surface area contributed by atoms with Crippen LogP contribution in [0.4, 0.5) is 0 Å². The molecule has 1 aromatic carbocycles. The van der Waals surface area contributed by atoms with Crippen LogP contribution in [0.3, 0.4) is 0 Å². The highest BCUT2D eigenvalue weighted by Gasteiger charge is 2.44. The van der Waals surface area contributed by atoms with Crippen molar-refractivity contribution in [2.24, 2.45) is 10.9 Å². The third kappa shape index (κ3) is 5.67. The van der Waals surface area contributed by atoms with E-state index in [0.717, 1.165) is 62.6 Å². The Kier molecular flexibility index (Phi) is 6.96. The summed E-state index contributed by atoms with van der Waals surface area (Å²) in [6.45, 7) is 11.9. The van der Waals surface area contributed by atoms with Crippen LogP contribution in [-0.2, 0) is 12.0 Å². The minimum absolute atomic E-state index is 0.256. The van der Waals surface area contributed by atoms with Gasteiger partial charge in [0.05, 0.1) is 18.8 Å². The minimum Gasteiger partial charge on any atom is -0.444 e. The molecule has 4 rings (SSSR count). The summed E-state index contributed by atoms with van der Waals surface area (Å²) in [5.74, 6) is 3.42. The van der Waals surface area contributed by atoms with E-state index in [1.54, 1.807) is 0 Å². The quantitative estimate of drug-likeness (QED) is 0.500. The van der Waals surface area contributed by atoms with Gasteiger partial charge in [0.1, 0.15) is 5.76 Å². The molecule has 6 nitrogen and oxygen atoms in total. The predicted molar refractivity (Wildman–Crippen MR) is 125 cm³/mol. The van der Waals surface area contributed by atoms with Crippen molar-refractivity contribution < 1.29 is 4.42 Å². The van der Waals surface area contributed by atoms with Gasteiger partial charge in [-0.25, -0.2) is 4.98 Å². The van der Waals surface area contributed by atoms with Crippen LogP contribution in [0.25, 0.3) is 0 Å². The van der Waals surface area contributed by atoms with Crippen LogP contribution in [0.1, 0.15) is 55.5 Å².